The maximum absolute atomic E-state index is 11.3. The maximum atomic E-state index is 11.3. The predicted octanol–water partition coefficient (Wildman–Crippen LogP) is 4.13. The summed E-state index contributed by atoms with van der Waals surface area (Å²) in [5, 5.41) is 0.627. The lowest BCUT2D eigenvalue weighted by molar-refractivity contribution is 0.101. The fraction of sp³-hybridized carbons (Fsp3) is 0.188. The van der Waals surface area contributed by atoms with Gasteiger partial charge in [0.05, 0.1) is 7.11 Å². The monoisotopic (exact) mass is 290 g/mol. The third-order valence-electron chi connectivity index (χ3n) is 2.88. The molecule has 0 aliphatic heterocycles. The lowest BCUT2D eigenvalue weighted by atomic mass is 10.1. The van der Waals surface area contributed by atoms with E-state index in [1.165, 1.54) is 6.92 Å². The Labute approximate surface area is 123 Å². The van der Waals surface area contributed by atoms with Crippen LogP contribution in [0.3, 0.4) is 0 Å². The van der Waals surface area contributed by atoms with Crippen LogP contribution >= 0.6 is 11.6 Å². The van der Waals surface area contributed by atoms with Crippen molar-refractivity contribution in [2.45, 2.75) is 13.5 Å². The van der Waals surface area contributed by atoms with Gasteiger partial charge in [0.1, 0.15) is 18.1 Å². The Hall–Kier alpha value is -2.00. The number of hydrogen-bond acceptors (Lipinski definition) is 3. The number of halogens is 1. The lowest BCUT2D eigenvalue weighted by Gasteiger charge is -2.11. The van der Waals surface area contributed by atoms with Crippen LogP contribution in [0.15, 0.2) is 42.5 Å². The van der Waals surface area contributed by atoms with Crippen LogP contribution in [0.2, 0.25) is 5.02 Å². The van der Waals surface area contributed by atoms with Crippen molar-refractivity contribution < 1.29 is 14.3 Å². The topological polar surface area (TPSA) is 35.5 Å². The number of hydrogen-bond donors (Lipinski definition) is 0. The molecule has 0 fully saturated rings. The van der Waals surface area contributed by atoms with Gasteiger partial charge in [0.25, 0.3) is 0 Å². The number of benzene rings is 2. The Kier molecular flexibility index (Phi) is 4.64. The summed E-state index contributed by atoms with van der Waals surface area (Å²) in [4.78, 5) is 11.3. The highest BCUT2D eigenvalue weighted by molar-refractivity contribution is 6.30. The molecule has 0 unspecified atom stereocenters. The van der Waals surface area contributed by atoms with Crippen molar-refractivity contribution in [1.29, 1.82) is 0 Å². The van der Waals surface area contributed by atoms with E-state index >= 15 is 0 Å². The van der Waals surface area contributed by atoms with Crippen LogP contribution < -0.4 is 9.47 Å². The first-order valence-corrected chi connectivity index (χ1v) is 6.54. The van der Waals surface area contributed by atoms with Crippen molar-refractivity contribution in [3.8, 4) is 11.5 Å². The fourth-order valence-corrected chi connectivity index (χ4v) is 2.02. The minimum absolute atomic E-state index is 0.00999. The van der Waals surface area contributed by atoms with Gasteiger partial charge in [-0.05, 0) is 37.3 Å². The highest BCUT2D eigenvalue weighted by atomic mass is 35.5. The van der Waals surface area contributed by atoms with Gasteiger partial charge in [-0.2, -0.15) is 0 Å². The molecule has 0 atom stereocenters. The number of rotatable bonds is 5. The average Bonchev–Trinajstić information content (AvgIpc) is 2.45. The van der Waals surface area contributed by atoms with Gasteiger partial charge in [-0.1, -0.05) is 23.7 Å². The smallest absolute Gasteiger partial charge is 0.159 e. The van der Waals surface area contributed by atoms with E-state index < -0.39 is 0 Å². The van der Waals surface area contributed by atoms with Crippen LogP contribution in [-0.4, -0.2) is 12.9 Å². The molecule has 20 heavy (non-hydrogen) atoms. The van der Waals surface area contributed by atoms with Crippen LogP contribution in [0.1, 0.15) is 22.8 Å². The second kappa shape index (κ2) is 6.44. The molecule has 0 N–H and O–H groups in total. The number of carbonyl (C=O) groups is 1. The van der Waals surface area contributed by atoms with E-state index in [0.717, 1.165) is 11.3 Å². The number of carbonyl (C=O) groups excluding carboxylic acids is 1. The minimum atomic E-state index is 0.00999. The predicted molar refractivity (Wildman–Crippen MR) is 78.8 cm³/mol. The first-order chi connectivity index (χ1) is 9.60. The van der Waals surface area contributed by atoms with Gasteiger partial charge in [0.2, 0.25) is 0 Å². The van der Waals surface area contributed by atoms with Crippen molar-refractivity contribution in [2.24, 2.45) is 0 Å². The van der Waals surface area contributed by atoms with Crippen molar-refractivity contribution in [3.05, 3.63) is 58.6 Å². The highest BCUT2D eigenvalue weighted by Gasteiger charge is 2.06. The Bertz CT molecular complexity index is 623. The van der Waals surface area contributed by atoms with E-state index in [1.807, 2.05) is 6.07 Å². The molecule has 0 saturated carbocycles. The van der Waals surface area contributed by atoms with E-state index in [4.69, 9.17) is 21.1 Å². The summed E-state index contributed by atoms with van der Waals surface area (Å²) in [7, 11) is 1.60. The van der Waals surface area contributed by atoms with Gasteiger partial charge in [0, 0.05) is 16.1 Å². The normalized spacial score (nSPS) is 10.2. The number of ether oxygens (including phenoxy) is 2. The van der Waals surface area contributed by atoms with Gasteiger partial charge in [0.15, 0.2) is 5.78 Å². The van der Waals surface area contributed by atoms with Gasteiger partial charge in [-0.15, -0.1) is 0 Å². The largest absolute Gasteiger partial charge is 0.496 e. The van der Waals surface area contributed by atoms with Crippen LogP contribution in [0, 0.1) is 0 Å². The highest BCUT2D eigenvalue weighted by Crippen LogP contribution is 2.24. The first-order valence-electron chi connectivity index (χ1n) is 6.16. The zero-order chi connectivity index (χ0) is 14.5. The zero-order valence-electron chi connectivity index (χ0n) is 11.4. The zero-order valence-corrected chi connectivity index (χ0v) is 12.1. The standard InChI is InChI=1S/C16H15ClO3/c1-11(18)12-4-3-5-15(9-12)20-10-13-8-14(17)6-7-16(13)19-2/h3-9H,10H2,1-2H3. The molecule has 2 aromatic rings. The SMILES string of the molecule is COc1ccc(Cl)cc1COc1cccc(C(C)=O)c1. The van der Waals surface area contributed by atoms with Crippen LogP contribution in [0.4, 0.5) is 0 Å². The fourth-order valence-electron chi connectivity index (χ4n) is 1.83. The summed E-state index contributed by atoms with van der Waals surface area (Å²) in [6.45, 7) is 1.85. The number of methoxy groups -OCH3 is 1. The number of Topliss-reactive ketones (excluding diaryl/α,β-unsaturated/α-hetero) is 1. The van der Waals surface area contributed by atoms with Crippen molar-refractivity contribution in [3.63, 3.8) is 0 Å². The van der Waals surface area contributed by atoms with Crippen LogP contribution in [0.5, 0.6) is 11.5 Å². The summed E-state index contributed by atoms with van der Waals surface area (Å²) in [5.41, 5.74) is 1.48. The molecule has 0 radical (unpaired) electrons. The molecule has 3 nitrogen and oxygen atoms in total. The third-order valence-corrected chi connectivity index (χ3v) is 3.11. The Morgan fingerprint density at radius 2 is 2.00 bits per heavy atom. The Balaban J connectivity index is 2.14. The van der Waals surface area contributed by atoms with E-state index in [-0.39, 0.29) is 5.78 Å². The van der Waals surface area contributed by atoms with E-state index in [2.05, 4.69) is 0 Å². The van der Waals surface area contributed by atoms with E-state index in [9.17, 15) is 4.79 Å². The van der Waals surface area contributed by atoms with Gasteiger partial charge >= 0.3 is 0 Å². The molecule has 104 valence electrons. The van der Waals surface area contributed by atoms with Gasteiger partial charge in [-0.25, -0.2) is 0 Å². The van der Waals surface area contributed by atoms with Gasteiger partial charge in [-0.3, -0.25) is 4.79 Å². The number of ketones is 1. The van der Waals surface area contributed by atoms with Crippen LogP contribution in [0.25, 0.3) is 0 Å². The summed E-state index contributed by atoms with van der Waals surface area (Å²) < 4.78 is 10.9. The molecule has 0 saturated heterocycles. The molecule has 0 bridgehead atoms. The quantitative estimate of drug-likeness (QED) is 0.777. The van der Waals surface area contributed by atoms with Crippen molar-refractivity contribution in [2.75, 3.05) is 7.11 Å². The summed E-state index contributed by atoms with van der Waals surface area (Å²) in [5.74, 6) is 1.37. The molecular formula is C16H15ClO3. The van der Waals surface area contributed by atoms with E-state index in [0.29, 0.717) is 22.9 Å². The molecule has 4 heteroatoms. The Morgan fingerprint density at radius 1 is 1.20 bits per heavy atom. The molecule has 0 aromatic heterocycles. The lowest BCUT2D eigenvalue weighted by Crippen LogP contribution is -2.00. The molecule has 0 heterocycles. The second-order valence-electron chi connectivity index (χ2n) is 4.33. The summed E-state index contributed by atoms with van der Waals surface area (Å²) in [6, 6.07) is 12.4. The van der Waals surface area contributed by atoms with E-state index in [1.54, 1.807) is 43.5 Å². The molecule has 0 aliphatic rings. The molecular weight excluding hydrogens is 276 g/mol. The van der Waals surface area contributed by atoms with Crippen molar-refractivity contribution in [1.82, 2.24) is 0 Å². The average molecular weight is 291 g/mol. The minimum Gasteiger partial charge on any atom is -0.496 e. The first kappa shape index (κ1) is 14.4. The maximum Gasteiger partial charge on any atom is 0.159 e. The third kappa shape index (κ3) is 3.52. The molecule has 2 rings (SSSR count). The molecule has 0 spiro atoms. The molecule has 0 aliphatic carbocycles. The summed E-state index contributed by atoms with van der Waals surface area (Å²) in [6.07, 6.45) is 0. The summed E-state index contributed by atoms with van der Waals surface area (Å²) >= 11 is 5.97. The molecule has 0 amide bonds. The van der Waals surface area contributed by atoms with Crippen molar-refractivity contribution >= 4 is 17.4 Å². The Morgan fingerprint density at radius 3 is 2.70 bits per heavy atom. The van der Waals surface area contributed by atoms with Gasteiger partial charge < -0.3 is 9.47 Å². The second-order valence-corrected chi connectivity index (χ2v) is 4.77. The van der Waals surface area contributed by atoms with Crippen LogP contribution in [-0.2, 0) is 6.61 Å². The molecule has 2 aromatic carbocycles.